The van der Waals surface area contributed by atoms with E-state index in [1.807, 2.05) is 97.1 Å². The van der Waals surface area contributed by atoms with Gasteiger partial charge in [-0.3, -0.25) is 0 Å². The molecule has 0 saturated carbocycles. The molecule has 0 atom stereocenters. The molecule has 0 fully saturated rings. The molecule has 5 rings (SSSR count). The lowest BCUT2D eigenvalue weighted by molar-refractivity contribution is 0.275. The second-order valence-corrected chi connectivity index (χ2v) is 11.5. The van der Waals surface area contributed by atoms with Crippen molar-refractivity contribution in [1.29, 1.82) is 0 Å². The molecule has 0 amide bonds. The van der Waals surface area contributed by atoms with Gasteiger partial charge in [-0.05, 0) is 152 Å². The molecule has 0 N–H and O–H groups in total. The largest absolute Gasteiger partial charge is 0.489 e. The predicted molar refractivity (Wildman–Crippen MR) is 213 cm³/mol. The van der Waals surface area contributed by atoms with E-state index in [9.17, 15) is 0 Å². The maximum absolute atomic E-state index is 6.26. The Morgan fingerprint density at radius 2 is 0.520 bits per heavy atom. The van der Waals surface area contributed by atoms with Crippen molar-refractivity contribution in [3.05, 3.63) is 154 Å². The van der Waals surface area contributed by atoms with Gasteiger partial charge in [0, 0.05) is 22.3 Å². The number of hydrogen-bond acceptors (Lipinski definition) is 8. The Bertz CT molecular complexity index is 1840. The Morgan fingerprint density at radius 3 is 0.700 bits per heavy atom. The van der Waals surface area contributed by atoms with Crippen LogP contribution in [0.5, 0.6) is 23.0 Å². The van der Waals surface area contributed by atoms with Gasteiger partial charge in [-0.1, -0.05) is 74.2 Å². The molecule has 0 aliphatic rings. The van der Waals surface area contributed by atoms with E-state index in [4.69, 9.17) is 18.9 Å². The van der Waals surface area contributed by atoms with Gasteiger partial charge in [-0.25, -0.2) is 0 Å². The zero-order valence-corrected chi connectivity index (χ0v) is 30.2. The van der Waals surface area contributed by atoms with Gasteiger partial charge in [0.25, 0.3) is 0 Å². The molecule has 0 saturated heterocycles. The van der Waals surface area contributed by atoms with E-state index in [0.29, 0.717) is 49.4 Å². The van der Waals surface area contributed by atoms with Crippen LogP contribution >= 0.6 is 50.5 Å². The van der Waals surface area contributed by atoms with Gasteiger partial charge in [0.2, 0.25) is 0 Å². The minimum absolute atomic E-state index is 0.297. The van der Waals surface area contributed by atoms with Gasteiger partial charge in [0.05, 0.1) is 0 Å². The Labute approximate surface area is 315 Å². The van der Waals surface area contributed by atoms with E-state index in [1.54, 1.807) is 0 Å². The highest BCUT2D eigenvalue weighted by atomic mass is 32.1. The van der Waals surface area contributed by atoms with Crippen LogP contribution in [0.3, 0.4) is 0 Å². The Hall–Kier alpha value is -5.06. The van der Waals surface area contributed by atoms with Crippen LogP contribution in [0.25, 0.3) is 0 Å². The van der Waals surface area contributed by atoms with Crippen LogP contribution in [0, 0.1) is 44.7 Å². The maximum Gasteiger partial charge on any atom is 0.119 e. The standard InChI is InChI=1S/C42H30O4S4/c47-21-17-31-1-9-39(10-2-31)43-27-35-25-37(29-45-41-13-5-33(6-14-41)19-23-49)38(30-46-42-15-7-34(8-16-42)20-24-50)26-36(35)28-44-40-11-3-32(4-12-40)18-22-48/h1-16,25-26,47-50H,27-30H2. The van der Waals surface area contributed by atoms with Crippen molar-refractivity contribution in [3.63, 3.8) is 0 Å². The summed E-state index contributed by atoms with van der Waals surface area (Å²) >= 11 is 16.0. The van der Waals surface area contributed by atoms with Crippen LogP contribution in [0.1, 0.15) is 44.5 Å². The summed E-state index contributed by atoms with van der Waals surface area (Å²) in [6.07, 6.45) is 0. The third kappa shape index (κ3) is 11.0. The minimum Gasteiger partial charge on any atom is -0.489 e. The normalized spacial score (nSPS) is 9.68. The first-order chi connectivity index (χ1) is 24.6. The Morgan fingerprint density at radius 1 is 0.320 bits per heavy atom. The summed E-state index contributed by atoms with van der Waals surface area (Å²) < 4.78 is 25.0. The highest BCUT2D eigenvalue weighted by Crippen LogP contribution is 2.26. The average molecular weight is 727 g/mol. The molecule has 0 spiro atoms. The van der Waals surface area contributed by atoms with Crippen LogP contribution in [-0.2, 0) is 26.4 Å². The first-order valence-corrected chi connectivity index (χ1v) is 17.0. The fourth-order valence-corrected chi connectivity index (χ4v) is 5.29. The number of hydrogen-bond donors (Lipinski definition) is 4. The fraction of sp³-hybridized carbons (Fsp3) is 0.0952. The summed E-state index contributed by atoms with van der Waals surface area (Å²) in [5, 5.41) is 10.5. The molecule has 0 heterocycles. The van der Waals surface area contributed by atoms with Crippen molar-refractivity contribution < 1.29 is 18.9 Å². The van der Waals surface area contributed by atoms with Gasteiger partial charge in [-0.15, -0.1) is 0 Å². The van der Waals surface area contributed by atoms with E-state index in [0.717, 1.165) is 44.5 Å². The molecule has 50 heavy (non-hydrogen) atoms. The molecule has 0 unspecified atom stereocenters. The predicted octanol–water partition coefficient (Wildman–Crippen LogP) is 8.96. The van der Waals surface area contributed by atoms with E-state index in [2.05, 4.69) is 107 Å². The highest BCUT2D eigenvalue weighted by Gasteiger charge is 2.14. The van der Waals surface area contributed by atoms with Crippen molar-refractivity contribution in [2.45, 2.75) is 26.4 Å². The lowest BCUT2D eigenvalue weighted by atomic mass is 9.99. The maximum atomic E-state index is 6.26. The molecule has 5 aromatic rings. The zero-order valence-electron chi connectivity index (χ0n) is 26.6. The molecule has 0 aliphatic carbocycles. The van der Waals surface area contributed by atoms with E-state index in [-0.39, 0.29) is 0 Å². The van der Waals surface area contributed by atoms with Crippen molar-refractivity contribution >= 4 is 50.5 Å². The quantitative estimate of drug-likeness (QED) is 0.0766. The number of thiol groups is 4. The van der Waals surface area contributed by atoms with Crippen LogP contribution in [0.2, 0.25) is 0 Å². The van der Waals surface area contributed by atoms with E-state index in [1.165, 1.54) is 0 Å². The molecule has 0 bridgehead atoms. The number of benzene rings is 5. The SMILES string of the molecule is SC#Cc1ccc(OCc2cc(COc3ccc(C#CS)cc3)c(COc3ccc(C#CS)cc3)cc2COc2ccc(C#CS)cc2)cc1. The van der Waals surface area contributed by atoms with Crippen LogP contribution in [-0.4, -0.2) is 0 Å². The lowest BCUT2D eigenvalue weighted by Crippen LogP contribution is -2.10. The molecule has 0 radical (unpaired) electrons. The fourth-order valence-electron chi connectivity index (χ4n) is 4.77. The topological polar surface area (TPSA) is 36.9 Å². The molecule has 4 nitrogen and oxygen atoms in total. The molecule has 0 aliphatic heterocycles. The van der Waals surface area contributed by atoms with Crippen molar-refractivity contribution in [1.82, 2.24) is 0 Å². The van der Waals surface area contributed by atoms with Gasteiger partial charge in [-0.2, -0.15) is 0 Å². The average Bonchev–Trinajstić information content (AvgIpc) is 3.14. The van der Waals surface area contributed by atoms with Crippen LogP contribution in [0.15, 0.2) is 109 Å². The molecular formula is C42H30O4S4. The van der Waals surface area contributed by atoms with E-state index >= 15 is 0 Å². The number of ether oxygens (including phenoxy) is 4. The van der Waals surface area contributed by atoms with E-state index < -0.39 is 0 Å². The van der Waals surface area contributed by atoms with Gasteiger partial charge < -0.3 is 18.9 Å². The van der Waals surface area contributed by atoms with Gasteiger partial charge >= 0.3 is 0 Å². The Balaban J connectivity index is 1.45. The Kier molecular flexibility index (Phi) is 13.9. The second-order valence-electron chi connectivity index (χ2n) is 10.6. The molecule has 0 aromatic heterocycles. The number of rotatable bonds is 12. The lowest BCUT2D eigenvalue weighted by Gasteiger charge is -2.19. The summed E-state index contributed by atoms with van der Waals surface area (Å²) in [6, 6.07) is 34.5. The first-order valence-electron chi connectivity index (χ1n) is 15.2. The zero-order chi connectivity index (χ0) is 35.0. The van der Waals surface area contributed by atoms with Crippen molar-refractivity contribution in [2.24, 2.45) is 0 Å². The third-order valence-electron chi connectivity index (χ3n) is 7.32. The minimum atomic E-state index is 0.297. The first kappa shape index (κ1) is 36.2. The highest BCUT2D eigenvalue weighted by molar-refractivity contribution is 7.85. The summed E-state index contributed by atoms with van der Waals surface area (Å²) in [6.45, 7) is 1.19. The van der Waals surface area contributed by atoms with Crippen molar-refractivity contribution in [3.8, 4) is 67.7 Å². The monoisotopic (exact) mass is 726 g/mol. The smallest absolute Gasteiger partial charge is 0.119 e. The summed E-state index contributed by atoms with van der Waals surface area (Å²) in [4.78, 5) is 0. The van der Waals surface area contributed by atoms with Crippen molar-refractivity contribution in [2.75, 3.05) is 0 Å². The van der Waals surface area contributed by atoms with Crippen LogP contribution in [0.4, 0.5) is 0 Å². The summed E-state index contributed by atoms with van der Waals surface area (Å²) in [7, 11) is 0. The third-order valence-corrected chi connectivity index (χ3v) is 7.76. The molecule has 5 aromatic carbocycles. The molecule has 246 valence electrons. The molecule has 8 heteroatoms. The second kappa shape index (κ2) is 19.2. The van der Waals surface area contributed by atoms with Gasteiger partial charge in [0.1, 0.15) is 49.4 Å². The van der Waals surface area contributed by atoms with Gasteiger partial charge in [0.15, 0.2) is 0 Å². The molecular weight excluding hydrogens is 697 g/mol. The summed E-state index contributed by atoms with van der Waals surface area (Å²) in [5.41, 5.74) is 7.18. The van der Waals surface area contributed by atoms with Crippen LogP contribution < -0.4 is 18.9 Å². The summed E-state index contributed by atoms with van der Waals surface area (Å²) in [5.74, 6) is 14.6.